The molecule has 0 saturated heterocycles. The summed E-state index contributed by atoms with van der Waals surface area (Å²) in [5, 5.41) is 2.99. The highest BCUT2D eigenvalue weighted by molar-refractivity contribution is 5.86. The second-order valence-electron chi connectivity index (χ2n) is 4.91. The maximum Gasteiger partial charge on any atom is 0.240 e. The van der Waals surface area contributed by atoms with Crippen molar-refractivity contribution in [2.75, 3.05) is 6.54 Å². The minimum absolute atomic E-state index is 0.00319. The van der Waals surface area contributed by atoms with E-state index in [-0.39, 0.29) is 11.9 Å². The lowest BCUT2D eigenvalue weighted by atomic mass is 9.97. The maximum absolute atomic E-state index is 12.0. The molecule has 1 aliphatic carbocycles. The van der Waals surface area contributed by atoms with Gasteiger partial charge in [0, 0.05) is 12.6 Å². The van der Waals surface area contributed by atoms with Crippen LogP contribution in [-0.4, -0.2) is 24.0 Å². The van der Waals surface area contributed by atoms with Gasteiger partial charge in [0.2, 0.25) is 5.91 Å². The number of nitrogens with one attached hydrogen (secondary N) is 1. The summed E-state index contributed by atoms with van der Waals surface area (Å²) in [6.07, 6.45) is 6.92. The van der Waals surface area contributed by atoms with Gasteiger partial charge in [-0.3, -0.25) is 4.79 Å². The molecular formula is C12H25N3O. The fraction of sp³-hybridized carbons (Fsp3) is 0.917. The molecule has 0 bridgehead atoms. The van der Waals surface area contributed by atoms with E-state index in [1.165, 1.54) is 0 Å². The summed E-state index contributed by atoms with van der Waals surface area (Å²) in [4.78, 5) is 12.0. The van der Waals surface area contributed by atoms with Crippen LogP contribution in [0.5, 0.6) is 0 Å². The zero-order chi connectivity index (χ0) is 12.0. The van der Waals surface area contributed by atoms with Crippen LogP contribution in [0, 0.1) is 0 Å². The molecule has 0 aromatic carbocycles. The van der Waals surface area contributed by atoms with Crippen molar-refractivity contribution in [1.29, 1.82) is 0 Å². The van der Waals surface area contributed by atoms with Gasteiger partial charge < -0.3 is 16.8 Å². The fourth-order valence-electron chi connectivity index (χ4n) is 2.26. The quantitative estimate of drug-likeness (QED) is 0.630. The van der Waals surface area contributed by atoms with Gasteiger partial charge in [0.1, 0.15) is 0 Å². The number of unbranched alkanes of at least 4 members (excludes halogenated alkanes) is 1. The highest BCUT2D eigenvalue weighted by Crippen LogP contribution is 2.27. The second kappa shape index (κ2) is 6.21. The Morgan fingerprint density at radius 3 is 2.56 bits per heavy atom. The third kappa shape index (κ3) is 3.46. The van der Waals surface area contributed by atoms with Crippen LogP contribution >= 0.6 is 0 Å². The second-order valence-corrected chi connectivity index (χ2v) is 4.91. The van der Waals surface area contributed by atoms with Crippen LogP contribution in [0.3, 0.4) is 0 Å². The monoisotopic (exact) mass is 227 g/mol. The molecule has 5 N–H and O–H groups in total. The van der Waals surface area contributed by atoms with Gasteiger partial charge in [0.15, 0.2) is 0 Å². The number of carbonyl (C=O) groups is 1. The SMILES string of the molecule is CCCCC(CN)NC(=O)C1(N)CCCC1. The molecule has 1 amide bonds. The Morgan fingerprint density at radius 2 is 2.06 bits per heavy atom. The molecule has 1 atom stereocenters. The van der Waals surface area contributed by atoms with Gasteiger partial charge in [-0.2, -0.15) is 0 Å². The van der Waals surface area contributed by atoms with Crippen LogP contribution < -0.4 is 16.8 Å². The number of carbonyl (C=O) groups excluding carboxylic acids is 1. The van der Waals surface area contributed by atoms with Gasteiger partial charge in [-0.25, -0.2) is 0 Å². The van der Waals surface area contributed by atoms with Crippen LogP contribution in [0.15, 0.2) is 0 Å². The molecule has 16 heavy (non-hydrogen) atoms. The number of nitrogens with two attached hydrogens (primary N) is 2. The summed E-state index contributed by atoms with van der Waals surface area (Å²) in [5.74, 6) is -0.00319. The van der Waals surface area contributed by atoms with Crippen LogP contribution in [0.1, 0.15) is 51.9 Å². The number of rotatable bonds is 6. The van der Waals surface area contributed by atoms with Crippen molar-refractivity contribution in [2.45, 2.75) is 63.5 Å². The third-order valence-corrected chi connectivity index (χ3v) is 3.47. The van der Waals surface area contributed by atoms with Crippen LogP contribution in [-0.2, 0) is 4.79 Å². The van der Waals surface area contributed by atoms with Crippen molar-refractivity contribution in [3.8, 4) is 0 Å². The van der Waals surface area contributed by atoms with Gasteiger partial charge >= 0.3 is 0 Å². The molecule has 0 aromatic heterocycles. The van der Waals surface area contributed by atoms with Crippen molar-refractivity contribution in [2.24, 2.45) is 11.5 Å². The first-order valence-corrected chi connectivity index (χ1v) is 6.42. The highest BCUT2D eigenvalue weighted by atomic mass is 16.2. The van der Waals surface area contributed by atoms with E-state index >= 15 is 0 Å². The zero-order valence-electron chi connectivity index (χ0n) is 10.3. The first-order valence-electron chi connectivity index (χ1n) is 6.42. The van der Waals surface area contributed by atoms with Gasteiger partial charge in [0.05, 0.1) is 5.54 Å². The van der Waals surface area contributed by atoms with E-state index in [0.717, 1.165) is 44.9 Å². The van der Waals surface area contributed by atoms with Gasteiger partial charge in [-0.1, -0.05) is 32.6 Å². The van der Waals surface area contributed by atoms with Crippen molar-refractivity contribution in [3.63, 3.8) is 0 Å². The standard InChI is InChI=1S/C12H25N3O/c1-2-3-6-10(9-13)15-11(16)12(14)7-4-5-8-12/h10H,2-9,13-14H2,1H3,(H,15,16). The first kappa shape index (κ1) is 13.5. The van der Waals surface area contributed by atoms with Crippen LogP contribution in [0.2, 0.25) is 0 Å². The summed E-state index contributed by atoms with van der Waals surface area (Å²) in [6.45, 7) is 2.64. The number of hydrogen-bond donors (Lipinski definition) is 3. The molecule has 4 nitrogen and oxygen atoms in total. The lowest BCUT2D eigenvalue weighted by molar-refractivity contribution is -0.126. The molecule has 0 aromatic rings. The summed E-state index contributed by atoms with van der Waals surface area (Å²) < 4.78 is 0. The summed E-state index contributed by atoms with van der Waals surface area (Å²) in [5.41, 5.74) is 11.1. The Kier molecular flexibility index (Phi) is 5.22. The Hall–Kier alpha value is -0.610. The third-order valence-electron chi connectivity index (χ3n) is 3.47. The molecule has 1 fully saturated rings. The summed E-state index contributed by atoms with van der Waals surface area (Å²) in [7, 11) is 0. The molecule has 1 unspecified atom stereocenters. The molecule has 0 heterocycles. The van der Waals surface area contributed by atoms with Crippen molar-refractivity contribution < 1.29 is 4.79 Å². The van der Waals surface area contributed by atoms with E-state index in [0.29, 0.717) is 6.54 Å². The van der Waals surface area contributed by atoms with Crippen molar-refractivity contribution in [3.05, 3.63) is 0 Å². The maximum atomic E-state index is 12.0. The van der Waals surface area contributed by atoms with Gasteiger partial charge in [-0.15, -0.1) is 0 Å². The lowest BCUT2D eigenvalue weighted by Gasteiger charge is -2.26. The van der Waals surface area contributed by atoms with E-state index in [1.54, 1.807) is 0 Å². The summed E-state index contributed by atoms with van der Waals surface area (Å²) in [6, 6.07) is 0.0912. The predicted molar refractivity (Wildman–Crippen MR) is 65.9 cm³/mol. The van der Waals surface area contributed by atoms with E-state index < -0.39 is 5.54 Å². The fourth-order valence-corrected chi connectivity index (χ4v) is 2.26. The molecule has 0 spiro atoms. The Labute approximate surface area is 98.1 Å². The molecule has 1 aliphatic rings. The van der Waals surface area contributed by atoms with E-state index in [9.17, 15) is 4.79 Å². The average Bonchev–Trinajstić information content (AvgIpc) is 2.72. The van der Waals surface area contributed by atoms with E-state index in [1.807, 2.05) is 0 Å². The van der Waals surface area contributed by atoms with Gasteiger partial charge in [-0.05, 0) is 19.3 Å². The Morgan fingerprint density at radius 1 is 1.44 bits per heavy atom. The largest absolute Gasteiger partial charge is 0.351 e. The number of amides is 1. The molecule has 0 radical (unpaired) electrons. The molecule has 1 rings (SSSR count). The Bertz CT molecular complexity index is 224. The smallest absolute Gasteiger partial charge is 0.240 e. The Balaban J connectivity index is 2.41. The average molecular weight is 227 g/mol. The molecule has 94 valence electrons. The first-order chi connectivity index (χ1) is 7.62. The normalized spacial score (nSPS) is 20.7. The molecule has 4 heteroatoms. The lowest BCUT2D eigenvalue weighted by Crippen LogP contribution is -2.55. The number of hydrogen-bond acceptors (Lipinski definition) is 3. The van der Waals surface area contributed by atoms with Gasteiger partial charge in [0.25, 0.3) is 0 Å². The predicted octanol–water partition coefficient (Wildman–Crippen LogP) is 0.892. The van der Waals surface area contributed by atoms with Crippen LogP contribution in [0.4, 0.5) is 0 Å². The van der Waals surface area contributed by atoms with Crippen molar-refractivity contribution >= 4 is 5.91 Å². The van der Waals surface area contributed by atoms with Crippen LogP contribution in [0.25, 0.3) is 0 Å². The molecule has 0 aliphatic heterocycles. The van der Waals surface area contributed by atoms with E-state index in [2.05, 4.69) is 12.2 Å². The summed E-state index contributed by atoms with van der Waals surface area (Å²) >= 11 is 0. The highest BCUT2D eigenvalue weighted by Gasteiger charge is 2.37. The molecular weight excluding hydrogens is 202 g/mol. The zero-order valence-corrected chi connectivity index (χ0v) is 10.3. The molecule has 1 saturated carbocycles. The van der Waals surface area contributed by atoms with Crippen molar-refractivity contribution in [1.82, 2.24) is 5.32 Å². The minimum atomic E-state index is -0.625. The minimum Gasteiger partial charge on any atom is -0.351 e. The van der Waals surface area contributed by atoms with E-state index in [4.69, 9.17) is 11.5 Å². The topological polar surface area (TPSA) is 81.1 Å².